The fraction of sp³-hybridized carbons (Fsp3) is 0.500. The second-order valence-corrected chi connectivity index (χ2v) is 2.54. The SMILES string of the molecule is CCNC(=O)CCc1ccn[nH]1. The van der Waals surface area contributed by atoms with E-state index >= 15 is 0 Å². The summed E-state index contributed by atoms with van der Waals surface area (Å²) in [6.07, 6.45) is 2.94. The Bertz CT molecular complexity index is 230. The number of aryl methyl sites for hydroxylation is 1. The first-order chi connectivity index (χ1) is 5.83. The number of rotatable bonds is 4. The van der Waals surface area contributed by atoms with E-state index in [1.807, 2.05) is 13.0 Å². The number of H-pyrrole nitrogens is 1. The van der Waals surface area contributed by atoms with Crippen molar-refractivity contribution in [2.45, 2.75) is 19.8 Å². The van der Waals surface area contributed by atoms with E-state index in [2.05, 4.69) is 15.5 Å². The molecule has 1 aromatic heterocycles. The predicted molar refractivity (Wildman–Crippen MR) is 45.6 cm³/mol. The Labute approximate surface area is 71.4 Å². The number of carbonyl (C=O) groups is 1. The van der Waals surface area contributed by atoms with E-state index < -0.39 is 0 Å². The Morgan fingerprint density at radius 3 is 3.17 bits per heavy atom. The number of nitrogens with one attached hydrogen (secondary N) is 2. The number of hydrogen-bond acceptors (Lipinski definition) is 2. The highest BCUT2D eigenvalue weighted by molar-refractivity contribution is 5.75. The summed E-state index contributed by atoms with van der Waals surface area (Å²) >= 11 is 0. The molecule has 1 amide bonds. The Morgan fingerprint density at radius 2 is 2.58 bits per heavy atom. The van der Waals surface area contributed by atoms with E-state index in [0.717, 1.165) is 12.1 Å². The van der Waals surface area contributed by atoms with Gasteiger partial charge in [-0.05, 0) is 19.4 Å². The predicted octanol–water partition coefficient (Wildman–Crippen LogP) is 0.478. The van der Waals surface area contributed by atoms with Crippen molar-refractivity contribution in [3.63, 3.8) is 0 Å². The molecule has 0 saturated heterocycles. The highest BCUT2D eigenvalue weighted by atomic mass is 16.1. The zero-order valence-electron chi connectivity index (χ0n) is 7.13. The summed E-state index contributed by atoms with van der Waals surface area (Å²) in [5, 5.41) is 9.33. The summed E-state index contributed by atoms with van der Waals surface area (Å²) < 4.78 is 0. The largest absolute Gasteiger partial charge is 0.356 e. The van der Waals surface area contributed by atoms with E-state index in [-0.39, 0.29) is 5.91 Å². The van der Waals surface area contributed by atoms with Gasteiger partial charge in [0.2, 0.25) is 5.91 Å². The van der Waals surface area contributed by atoms with Gasteiger partial charge in [-0.3, -0.25) is 9.89 Å². The summed E-state index contributed by atoms with van der Waals surface area (Å²) in [5.74, 6) is 0.0899. The van der Waals surface area contributed by atoms with Gasteiger partial charge in [-0.1, -0.05) is 0 Å². The number of aromatic nitrogens is 2. The Morgan fingerprint density at radius 1 is 1.75 bits per heavy atom. The molecular weight excluding hydrogens is 154 g/mol. The molecule has 2 N–H and O–H groups in total. The Balaban J connectivity index is 2.22. The van der Waals surface area contributed by atoms with Gasteiger partial charge >= 0.3 is 0 Å². The van der Waals surface area contributed by atoms with Crippen LogP contribution in [0.15, 0.2) is 12.3 Å². The molecule has 0 aromatic carbocycles. The highest BCUT2D eigenvalue weighted by Crippen LogP contribution is 1.96. The van der Waals surface area contributed by atoms with Crippen LogP contribution >= 0.6 is 0 Å². The van der Waals surface area contributed by atoms with Gasteiger partial charge in [-0.2, -0.15) is 5.10 Å². The smallest absolute Gasteiger partial charge is 0.220 e. The van der Waals surface area contributed by atoms with Crippen LogP contribution in [0.2, 0.25) is 0 Å². The molecule has 0 unspecified atom stereocenters. The van der Waals surface area contributed by atoms with Crippen molar-refractivity contribution in [1.82, 2.24) is 15.5 Å². The van der Waals surface area contributed by atoms with Crippen LogP contribution in [0.4, 0.5) is 0 Å². The second kappa shape index (κ2) is 4.54. The van der Waals surface area contributed by atoms with Crippen LogP contribution < -0.4 is 5.32 Å². The average Bonchev–Trinajstić information content (AvgIpc) is 2.53. The lowest BCUT2D eigenvalue weighted by atomic mass is 10.2. The molecule has 4 heteroatoms. The van der Waals surface area contributed by atoms with Gasteiger partial charge in [0, 0.05) is 24.9 Å². The summed E-state index contributed by atoms with van der Waals surface area (Å²) in [7, 11) is 0. The van der Waals surface area contributed by atoms with Gasteiger partial charge in [-0.25, -0.2) is 0 Å². The summed E-state index contributed by atoms with van der Waals surface area (Å²) in [4.78, 5) is 11.0. The molecule has 0 aliphatic carbocycles. The topological polar surface area (TPSA) is 57.8 Å². The van der Waals surface area contributed by atoms with Gasteiger partial charge in [-0.15, -0.1) is 0 Å². The molecule has 0 aliphatic heterocycles. The summed E-state index contributed by atoms with van der Waals surface area (Å²) in [6, 6.07) is 1.87. The van der Waals surface area contributed by atoms with Crippen molar-refractivity contribution in [2.24, 2.45) is 0 Å². The van der Waals surface area contributed by atoms with Crippen molar-refractivity contribution < 1.29 is 4.79 Å². The monoisotopic (exact) mass is 167 g/mol. The maximum Gasteiger partial charge on any atom is 0.220 e. The number of aromatic amines is 1. The second-order valence-electron chi connectivity index (χ2n) is 2.54. The third kappa shape index (κ3) is 2.74. The zero-order chi connectivity index (χ0) is 8.81. The van der Waals surface area contributed by atoms with Crippen LogP contribution in [-0.2, 0) is 11.2 Å². The maximum atomic E-state index is 11.0. The first-order valence-corrected chi connectivity index (χ1v) is 4.08. The summed E-state index contributed by atoms with van der Waals surface area (Å²) in [6.45, 7) is 2.61. The molecule has 0 spiro atoms. The Hall–Kier alpha value is -1.32. The molecule has 0 saturated carbocycles. The average molecular weight is 167 g/mol. The molecule has 0 atom stereocenters. The zero-order valence-corrected chi connectivity index (χ0v) is 7.13. The van der Waals surface area contributed by atoms with E-state index in [9.17, 15) is 4.79 Å². The van der Waals surface area contributed by atoms with Gasteiger partial charge in [0.25, 0.3) is 0 Å². The van der Waals surface area contributed by atoms with Gasteiger partial charge in [0.1, 0.15) is 0 Å². The standard InChI is InChI=1S/C8H13N3O/c1-2-9-8(12)4-3-7-5-6-10-11-7/h5-6H,2-4H2,1H3,(H,9,12)(H,10,11). The normalized spacial score (nSPS) is 9.75. The fourth-order valence-electron chi connectivity index (χ4n) is 0.958. The third-order valence-electron chi connectivity index (χ3n) is 1.55. The van der Waals surface area contributed by atoms with E-state index in [4.69, 9.17) is 0 Å². The first-order valence-electron chi connectivity index (χ1n) is 4.08. The van der Waals surface area contributed by atoms with Crippen molar-refractivity contribution in [3.05, 3.63) is 18.0 Å². The van der Waals surface area contributed by atoms with Crippen molar-refractivity contribution in [1.29, 1.82) is 0 Å². The highest BCUT2D eigenvalue weighted by Gasteiger charge is 2.00. The quantitative estimate of drug-likeness (QED) is 0.685. The minimum Gasteiger partial charge on any atom is -0.356 e. The minimum atomic E-state index is 0.0899. The van der Waals surface area contributed by atoms with Crippen LogP contribution in [0.5, 0.6) is 0 Å². The van der Waals surface area contributed by atoms with Gasteiger partial charge in [0.15, 0.2) is 0 Å². The number of amides is 1. The first kappa shape index (κ1) is 8.77. The van der Waals surface area contributed by atoms with Crippen LogP contribution in [0, 0.1) is 0 Å². The van der Waals surface area contributed by atoms with Gasteiger partial charge < -0.3 is 5.32 Å². The van der Waals surface area contributed by atoms with Crippen LogP contribution in [0.25, 0.3) is 0 Å². The van der Waals surface area contributed by atoms with Crippen LogP contribution in [-0.4, -0.2) is 22.6 Å². The maximum absolute atomic E-state index is 11.0. The van der Waals surface area contributed by atoms with E-state index in [1.165, 1.54) is 0 Å². The van der Waals surface area contributed by atoms with Crippen molar-refractivity contribution in [3.8, 4) is 0 Å². The molecular formula is C8H13N3O. The number of carbonyl (C=O) groups excluding carboxylic acids is 1. The lowest BCUT2D eigenvalue weighted by molar-refractivity contribution is -0.120. The van der Waals surface area contributed by atoms with Crippen molar-refractivity contribution >= 4 is 5.91 Å². The molecule has 0 radical (unpaired) electrons. The fourth-order valence-corrected chi connectivity index (χ4v) is 0.958. The Kier molecular flexibility index (Phi) is 3.32. The lowest BCUT2D eigenvalue weighted by Gasteiger charge is -1.99. The van der Waals surface area contributed by atoms with Crippen LogP contribution in [0.1, 0.15) is 19.0 Å². The molecule has 1 rings (SSSR count). The summed E-state index contributed by atoms with van der Waals surface area (Å²) in [5.41, 5.74) is 1.00. The third-order valence-corrected chi connectivity index (χ3v) is 1.55. The molecule has 0 fully saturated rings. The lowest BCUT2D eigenvalue weighted by Crippen LogP contribution is -2.22. The molecule has 66 valence electrons. The number of hydrogen-bond donors (Lipinski definition) is 2. The molecule has 12 heavy (non-hydrogen) atoms. The van der Waals surface area contributed by atoms with E-state index in [0.29, 0.717) is 13.0 Å². The van der Waals surface area contributed by atoms with E-state index in [1.54, 1.807) is 6.20 Å². The number of nitrogens with zero attached hydrogens (tertiary/aromatic N) is 1. The molecule has 1 aromatic rings. The minimum absolute atomic E-state index is 0.0899. The van der Waals surface area contributed by atoms with Gasteiger partial charge in [0.05, 0.1) is 0 Å². The van der Waals surface area contributed by atoms with Crippen LogP contribution in [0.3, 0.4) is 0 Å². The molecule has 1 heterocycles. The molecule has 4 nitrogen and oxygen atoms in total. The molecule has 0 bridgehead atoms. The molecule has 0 aliphatic rings. The van der Waals surface area contributed by atoms with Crippen molar-refractivity contribution in [2.75, 3.05) is 6.54 Å².